The number of hydrogen-bond donors (Lipinski definition) is 1. The van der Waals surface area contributed by atoms with E-state index in [1.165, 1.54) is 0 Å². The van der Waals surface area contributed by atoms with Crippen LogP contribution in [0.25, 0.3) is 0 Å². The standard InChI is InChI=1S/C13H15F2NO2/c14-13(15,8-12(17)18)9-16-7-3-5-10-4-1-2-6-11(10)16/h1-2,4,6H,3,5,7-9H2,(H,17,18). The summed E-state index contributed by atoms with van der Waals surface area (Å²) in [6, 6.07) is 7.44. The highest BCUT2D eigenvalue weighted by Crippen LogP contribution is 2.30. The summed E-state index contributed by atoms with van der Waals surface area (Å²) < 4.78 is 27.1. The van der Waals surface area contributed by atoms with E-state index >= 15 is 0 Å². The van der Waals surface area contributed by atoms with Crippen LogP contribution >= 0.6 is 0 Å². The molecule has 0 unspecified atom stereocenters. The summed E-state index contributed by atoms with van der Waals surface area (Å²) in [5.41, 5.74) is 1.85. The third kappa shape index (κ3) is 2.97. The second-order valence-corrected chi connectivity index (χ2v) is 4.58. The van der Waals surface area contributed by atoms with Crippen LogP contribution in [0.5, 0.6) is 0 Å². The van der Waals surface area contributed by atoms with E-state index in [9.17, 15) is 13.6 Å². The lowest BCUT2D eigenvalue weighted by molar-refractivity contribution is -0.144. The Balaban J connectivity index is 2.14. The molecule has 2 rings (SSSR count). The molecule has 3 nitrogen and oxygen atoms in total. The molecular formula is C13H15F2NO2. The van der Waals surface area contributed by atoms with Crippen LogP contribution in [0.4, 0.5) is 14.5 Å². The zero-order valence-electron chi connectivity index (χ0n) is 9.90. The summed E-state index contributed by atoms with van der Waals surface area (Å²) >= 11 is 0. The number of carboxylic acids is 1. The minimum absolute atomic E-state index is 0.531. The monoisotopic (exact) mass is 255 g/mol. The molecule has 0 amide bonds. The maximum absolute atomic E-state index is 13.5. The van der Waals surface area contributed by atoms with E-state index in [0.717, 1.165) is 24.1 Å². The van der Waals surface area contributed by atoms with Crippen LogP contribution in [0.1, 0.15) is 18.4 Å². The quantitative estimate of drug-likeness (QED) is 0.898. The van der Waals surface area contributed by atoms with Crippen molar-refractivity contribution in [2.24, 2.45) is 0 Å². The highest BCUT2D eigenvalue weighted by molar-refractivity contribution is 5.68. The van der Waals surface area contributed by atoms with E-state index in [1.807, 2.05) is 24.3 Å². The van der Waals surface area contributed by atoms with Crippen molar-refractivity contribution in [1.82, 2.24) is 0 Å². The fourth-order valence-corrected chi connectivity index (χ4v) is 2.33. The maximum Gasteiger partial charge on any atom is 0.309 e. The molecule has 1 N–H and O–H groups in total. The van der Waals surface area contributed by atoms with Gasteiger partial charge in [-0.3, -0.25) is 4.79 Å². The van der Waals surface area contributed by atoms with Gasteiger partial charge in [-0.1, -0.05) is 18.2 Å². The smallest absolute Gasteiger partial charge is 0.309 e. The number of para-hydroxylation sites is 1. The molecule has 0 aromatic heterocycles. The Kier molecular flexibility index (Phi) is 3.50. The van der Waals surface area contributed by atoms with E-state index in [0.29, 0.717) is 6.54 Å². The SMILES string of the molecule is O=C(O)CC(F)(F)CN1CCCc2ccccc21. The number of anilines is 1. The van der Waals surface area contributed by atoms with Crippen LogP contribution in [0, 0.1) is 0 Å². The van der Waals surface area contributed by atoms with Crippen LogP contribution < -0.4 is 4.90 Å². The van der Waals surface area contributed by atoms with Crippen LogP contribution in [0.3, 0.4) is 0 Å². The van der Waals surface area contributed by atoms with Crippen LogP contribution in [-0.4, -0.2) is 30.1 Å². The van der Waals surface area contributed by atoms with Gasteiger partial charge in [0.15, 0.2) is 0 Å². The molecule has 1 aromatic rings. The molecule has 98 valence electrons. The van der Waals surface area contributed by atoms with Crippen molar-refractivity contribution < 1.29 is 18.7 Å². The number of aryl methyl sites for hydroxylation is 1. The van der Waals surface area contributed by atoms with Crippen molar-refractivity contribution in [3.05, 3.63) is 29.8 Å². The maximum atomic E-state index is 13.5. The Morgan fingerprint density at radius 1 is 1.39 bits per heavy atom. The Bertz CT molecular complexity index is 448. The number of aliphatic carboxylic acids is 1. The van der Waals surface area contributed by atoms with E-state index in [4.69, 9.17) is 5.11 Å². The summed E-state index contributed by atoms with van der Waals surface area (Å²) in [5, 5.41) is 8.48. The number of halogens is 2. The molecule has 0 atom stereocenters. The first-order valence-corrected chi connectivity index (χ1v) is 5.90. The number of fused-ring (bicyclic) bond motifs is 1. The first-order chi connectivity index (χ1) is 8.48. The molecule has 1 aliphatic heterocycles. The predicted octanol–water partition coefficient (Wildman–Crippen LogP) is 2.55. The highest BCUT2D eigenvalue weighted by Gasteiger charge is 2.35. The van der Waals surface area contributed by atoms with Gasteiger partial charge in [-0.05, 0) is 24.5 Å². The Morgan fingerprint density at radius 3 is 2.83 bits per heavy atom. The van der Waals surface area contributed by atoms with Crippen LogP contribution in [-0.2, 0) is 11.2 Å². The summed E-state index contributed by atoms with van der Waals surface area (Å²) in [6.07, 6.45) is 0.586. The molecule has 0 spiro atoms. The average molecular weight is 255 g/mol. The molecule has 0 bridgehead atoms. The number of benzene rings is 1. The lowest BCUT2D eigenvalue weighted by Crippen LogP contribution is -2.41. The summed E-state index contributed by atoms with van der Waals surface area (Å²) in [6.45, 7) is 0.0164. The second-order valence-electron chi connectivity index (χ2n) is 4.58. The highest BCUT2D eigenvalue weighted by atomic mass is 19.3. The Labute approximate surface area is 104 Å². The van der Waals surface area contributed by atoms with Crippen molar-refractivity contribution in [2.45, 2.75) is 25.2 Å². The number of carbonyl (C=O) groups is 1. The van der Waals surface area contributed by atoms with Gasteiger partial charge in [0.1, 0.15) is 6.42 Å². The lowest BCUT2D eigenvalue weighted by Gasteiger charge is -2.33. The van der Waals surface area contributed by atoms with E-state index in [-0.39, 0.29) is 0 Å². The number of alkyl halides is 2. The minimum Gasteiger partial charge on any atom is -0.481 e. The normalized spacial score (nSPS) is 15.3. The largest absolute Gasteiger partial charge is 0.481 e. The summed E-state index contributed by atoms with van der Waals surface area (Å²) in [4.78, 5) is 12.0. The van der Waals surface area contributed by atoms with Crippen molar-refractivity contribution in [3.63, 3.8) is 0 Å². The van der Waals surface area contributed by atoms with E-state index in [1.54, 1.807) is 4.90 Å². The molecule has 0 saturated carbocycles. The first kappa shape index (κ1) is 12.8. The van der Waals surface area contributed by atoms with Crippen molar-refractivity contribution in [1.29, 1.82) is 0 Å². The fraction of sp³-hybridized carbons (Fsp3) is 0.462. The third-order valence-electron chi connectivity index (χ3n) is 3.04. The lowest BCUT2D eigenvalue weighted by atomic mass is 10.0. The van der Waals surface area contributed by atoms with Crippen LogP contribution in [0.15, 0.2) is 24.3 Å². The average Bonchev–Trinajstić information content (AvgIpc) is 2.27. The molecule has 0 radical (unpaired) electrons. The summed E-state index contributed by atoms with van der Waals surface area (Å²) in [5.74, 6) is -4.67. The molecule has 1 aromatic carbocycles. The van der Waals surface area contributed by atoms with Gasteiger partial charge in [0.2, 0.25) is 0 Å². The fourth-order valence-electron chi connectivity index (χ4n) is 2.33. The van der Waals surface area contributed by atoms with Gasteiger partial charge >= 0.3 is 5.97 Å². The van der Waals surface area contributed by atoms with Gasteiger partial charge < -0.3 is 10.0 Å². The second kappa shape index (κ2) is 4.92. The van der Waals surface area contributed by atoms with Gasteiger partial charge in [-0.2, -0.15) is 0 Å². The number of carboxylic acid groups (broad SMARTS) is 1. The third-order valence-corrected chi connectivity index (χ3v) is 3.04. The number of nitrogens with zero attached hydrogens (tertiary/aromatic N) is 1. The summed E-state index contributed by atoms with van der Waals surface area (Å²) in [7, 11) is 0. The van der Waals surface area contributed by atoms with Gasteiger partial charge in [0, 0.05) is 12.2 Å². The molecular weight excluding hydrogens is 240 g/mol. The van der Waals surface area contributed by atoms with Gasteiger partial charge in [-0.15, -0.1) is 0 Å². The predicted molar refractivity (Wildman–Crippen MR) is 64.2 cm³/mol. The number of rotatable bonds is 4. The first-order valence-electron chi connectivity index (χ1n) is 5.90. The molecule has 0 aliphatic carbocycles. The van der Waals surface area contributed by atoms with E-state index in [2.05, 4.69) is 0 Å². The topological polar surface area (TPSA) is 40.5 Å². The molecule has 5 heteroatoms. The molecule has 1 heterocycles. The Morgan fingerprint density at radius 2 is 2.11 bits per heavy atom. The molecule has 1 aliphatic rings. The van der Waals surface area contributed by atoms with Gasteiger partial charge in [0.25, 0.3) is 5.92 Å². The minimum atomic E-state index is -3.20. The van der Waals surface area contributed by atoms with Gasteiger partial charge in [0.05, 0.1) is 6.54 Å². The van der Waals surface area contributed by atoms with E-state index < -0.39 is 24.9 Å². The van der Waals surface area contributed by atoms with Crippen LogP contribution in [0.2, 0.25) is 0 Å². The zero-order valence-corrected chi connectivity index (χ0v) is 9.90. The molecule has 18 heavy (non-hydrogen) atoms. The van der Waals surface area contributed by atoms with Crippen molar-refractivity contribution in [2.75, 3.05) is 18.0 Å². The van der Waals surface area contributed by atoms with Crippen molar-refractivity contribution >= 4 is 11.7 Å². The van der Waals surface area contributed by atoms with Crippen molar-refractivity contribution in [3.8, 4) is 0 Å². The van der Waals surface area contributed by atoms with Gasteiger partial charge in [-0.25, -0.2) is 8.78 Å². The Hall–Kier alpha value is -1.65. The molecule has 0 saturated heterocycles. The zero-order chi connectivity index (χ0) is 13.2. The molecule has 0 fully saturated rings. The number of hydrogen-bond acceptors (Lipinski definition) is 2.